The topological polar surface area (TPSA) is 84.8 Å². The molecule has 0 bridgehead atoms. The minimum absolute atomic E-state index is 0.550. The summed E-state index contributed by atoms with van der Waals surface area (Å²) in [5.41, 5.74) is 12.1. The summed E-state index contributed by atoms with van der Waals surface area (Å²) >= 11 is 0. The largest absolute Gasteiger partial charge is 0.464 e. The third kappa shape index (κ3) is 4.64. The highest BCUT2D eigenvalue weighted by molar-refractivity contribution is 6.03. The molecule has 3 heterocycles. The lowest BCUT2D eigenvalue weighted by atomic mass is 9.66. The number of fused-ring (bicyclic) bond motifs is 11. The van der Waals surface area contributed by atoms with Crippen LogP contribution < -0.4 is 4.74 Å². The highest BCUT2D eigenvalue weighted by Gasteiger charge is 2.51. The second-order valence-corrected chi connectivity index (χ2v) is 13.9. The molecule has 6 nitrogen and oxygen atoms in total. The minimum atomic E-state index is -0.679. The van der Waals surface area contributed by atoms with Crippen LogP contribution in [0.4, 0.5) is 0 Å². The van der Waals surface area contributed by atoms with Crippen molar-refractivity contribution in [1.29, 1.82) is 5.26 Å². The Hall–Kier alpha value is -7.62. The Morgan fingerprint density at radius 3 is 1.96 bits per heavy atom. The molecule has 1 aliphatic heterocycles. The van der Waals surface area contributed by atoms with Gasteiger partial charge in [0.2, 0.25) is 0 Å². The number of hydrogen-bond donors (Lipinski definition) is 0. The molecule has 1 spiro atoms. The molecule has 0 saturated heterocycles. The molecule has 1 unspecified atom stereocenters. The van der Waals surface area contributed by atoms with Gasteiger partial charge in [-0.1, -0.05) is 109 Å². The lowest BCUT2D eigenvalue weighted by molar-refractivity contribution is 0.436. The molecular weight excluding hydrogens is 677 g/mol. The zero-order chi connectivity index (χ0) is 36.5. The van der Waals surface area contributed by atoms with Crippen LogP contribution in [0.25, 0.3) is 67.4 Å². The van der Waals surface area contributed by atoms with Gasteiger partial charge in [-0.2, -0.15) is 5.26 Å². The van der Waals surface area contributed by atoms with Crippen LogP contribution in [0.2, 0.25) is 0 Å². The van der Waals surface area contributed by atoms with E-state index in [2.05, 4.69) is 78.9 Å². The van der Waals surface area contributed by atoms with Crippen LogP contribution in [-0.2, 0) is 5.41 Å². The number of furan rings is 1. The van der Waals surface area contributed by atoms with E-state index in [1.807, 2.05) is 91.0 Å². The lowest BCUT2D eigenvalue weighted by Crippen LogP contribution is -2.32. The zero-order valence-electron chi connectivity index (χ0n) is 29.3. The summed E-state index contributed by atoms with van der Waals surface area (Å²) in [6.45, 7) is 0. The van der Waals surface area contributed by atoms with Crippen LogP contribution in [0.15, 0.2) is 174 Å². The Kier molecular flexibility index (Phi) is 6.73. The first-order chi connectivity index (χ1) is 27.2. The standard InChI is InChI=1S/C49H28N4O2/c50-29-30-10-8-13-32(26-30)33-14-9-15-34(27-33)47-51-46(31-11-2-1-3-12-31)52-48(53-47)35-20-22-44-41(28-35)49(39-18-6-7-19-43(39)55-44)38-17-5-4-16-36(38)45-37-24-25-54-42(37)23-21-40(45)49/h1-28H. The van der Waals surface area contributed by atoms with Crippen molar-refractivity contribution in [3.8, 4) is 74.0 Å². The van der Waals surface area contributed by atoms with Gasteiger partial charge in [0, 0.05) is 33.2 Å². The summed E-state index contributed by atoms with van der Waals surface area (Å²) in [6.07, 6.45) is 1.77. The Balaban J connectivity index is 1.15. The molecule has 0 amide bonds. The van der Waals surface area contributed by atoms with E-state index in [0.29, 0.717) is 23.0 Å². The fourth-order valence-corrected chi connectivity index (χ4v) is 8.54. The summed E-state index contributed by atoms with van der Waals surface area (Å²) in [5.74, 6) is 3.28. The monoisotopic (exact) mass is 704 g/mol. The predicted molar refractivity (Wildman–Crippen MR) is 213 cm³/mol. The maximum absolute atomic E-state index is 9.55. The van der Waals surface area contributed by atoms with Crippen molar-refractivity contribution < 1.29 is 9.15 Å². The van der Waals surface area contributed by atoms with E-state index in [1.54, 1.807) is 6.26 Å². The molecule has 2 aromatic heterocycles. The van der Waals surface area contributed by atoms with Crippen LogP contribution >= 0.6 is 0 Å². The molecule has 7 aromatic carbocycles. The van der Waals surface area contributed by atoms with Crippen molar-refractivity contribution in [2.45, 2.75) is 5.41 Å². The van der Waals surface area contributed by atoms with Crippen LogP contribution in [0.5, 0.6) is 11.5 Å². The number of nitrogens with zero attached hydrogens (tertiary/aromatic N) is 4. The van der Waals surface area contributed by atoms with E-state index >= 15 is 0 Å². The SMILES string of the molecule is N#Cc1cccc(-c2cccc(-c3nc(-c4ccccc4)nc(-c4ccc5c(c4)C4(c6ccccc6O5)c5ccccc5-c5c4ccc4occc54)n3)c2)c1. The van der Waals surface area contributed by atoms with Crippen molar-refractivity contribution in [2.75, 3.05) is 0 Å². The van der Waals surface area contributed by atoms with E-state index in [9.17, 15) is 5.26 Å². The molecule has 2 aliphatic rings. The summed E-state index contributed by atoms with van der Waals surface area (Å²) in [5, 5.41) is 10.6. The van der Waals surface area contributed by atoms with Crippen molar-refractivity contribution in [1.82, 2.24) is 15.0 Å². The zero-order valence-corrected chi connectivity index (χ0v) is 29.3. The van der Waals surface area contributed by atoms with Gasteiger partial charge in [-0.25, -0.2) is 15.0 Å². The first-order valence-corrected chi connectivity index (χ1v) is 18.1. The van der Waals surface area contributed by atoms with Gasteiger partial charge in [0.05, 0.1) is 23.3 Å². The molecule has 0 radical (unpaired) electrons. The quantitative estimate of drug-likeness (QED) is 0.181. The fourth-order valence-electron chi connectivity index (χ4n) is 8.54. The van der Waals surface area contributed by atoms with Gasteiger partial charge in [0.25, 0.3) is 0 Å². The maximum atomic E-state index is 9.55. The molecule has 6 heteroatoms. The molecule has 11 rings (SSSR count). The average Bonchev–Trinajstić information content (AvgIpc) is 3.86. The third-order valence-electron chi connectivity index (χ3n) is 10.9. The number of rotatable bonds is 4. The average molecular weight is 705 g/mol. The second-order valence-electron chi connectivity index (χ2n) is 13.9. The van der Waals surface area contributed by atoms with Gasteiger partial charge < -0.3 is 9.15 Å². The Morgan fingerprint density at radius 2 is 1.13 bits per heavy atom. The molecular formula is C49H28N4O2. The van der Waals surface area contributed by atoms with Crippen LogP contribution in [0, 0.1) is 11.3 Å². The molecule has 0 fully saturated rings. The van der Waals surface area contributed by atoms with Gasteiger partial charge in [-0.05, 0) is 88.0 Å². The predicted octanol–water partition coefficient (Wildman–Crippen LogP) is 11.6. The number of hydrogen-bond acceptors (Lipinski definition) is 6. The van der Waals surface area contributed by atoms with E-state index in [1.165, 1.54) is 22.3 Å². The van der Waals surface area contributed by atoms with Gasteiger partial charge in [0.1, 0.15) is 17.1 Å². The minimum Gasteiger partial charge on any atom is -0.464 e. The van der Waals surface area contributed by atoms with Crippen LogP contribution in [-0.4, -0.2) is 15.0 Å². The first-order valence-electron chi connectivity index (χ1n) is 18.1. The van der Waals surface area contributed by atoms with Gasteiger partial charge >= 0.3 is 0 Å². The molecule has 1 atom stereocenters. The Morgan fingerprint density at radius 1 is 0.473 bits per heavy atom. The van der Waals surface area contributed by atoms with Gasteiger partial charge in [0.15, 0.2) is 17.5 Å². The summed E-state index contributed by atoms with van der Waals surface area (Å²) in [4.78, 5) is 15.3. The summed E-state index contributed by atoms with van der Waals surface area (Å²) in [6, 6.07) is 57.7. The van der Waals surface area contributed by atoms with E-state index in [0.717, 1.165) is 61.4 Å². The number of para-hydroxylation sites is 1. The Labute approximate surface area is 316 Å². The van der Waals surface area contributed by atoms with E-state index < -0.39 is 5.41 Å². The number of benzene rings is 7. The van der Waals surface area contributed by atoms with Crippen molar-refractivity contribution in [3.05, 3.63) is 198 Å². The maximum Gasteiger partial charge on any atom is 0.164 e. The number of aromatic nitrogens is 3. The van der Waals surface area contributed by atoms with Crippen molar-refractivity contribution in [3.63, 3.8) is 0 Å². The number of ether oxygens (including phenoxy) is 1. The molecule has 1 aliphatic carbocycles. The van der Waals surface area contributed by atoms with Crippen LogP contribution in [0.1, 0.15) is 27.8 Å². The first kappa shape index (κ1) is 31.0. The second kappa shape index (κ2) is 12.0. The smallest absolute Gasteiger partial charge is 0.164 e. The normalized spacial score (nSPS) is 14.7. The van der Waals surface area contributed by atoms with E-state index in [4.69, 9.17) is 24.1 Å². The number of nitriles is 1. The molecule has 55 heavy (non-hydrogen) atoms. The third-order valence-corrected chi connectivity index (χ3v) is 10.9. The Bertz CT molecular complexity index is 3050. The lowest BCUT2D eigenvalue weighted by Gasteiger charge is -2.39. The van der Waals surface area contributed by atoms with Gasteiger partial charge in [-0.15, -0.1) is 0 Å². The summed E-state index contributed by atoms with van der Waals surface area (Å²) < 4.78 is 12.7. The molecule has 256 valence electrons. The summed E-state index contributed by atoms with van der Waals surface area (Å²) in [7, 11) is 0. The molecule has 0 saturated carbocycles. The van der Waals surface area contributed by atoms with Crippen molar-refractivity contribution in [2.24, 2.45) is 0 Å². The molecule has 9 aromatic rings. The fraction of sp³-hybridized carbons (Fsp3) is 0.0204. The van der Waals surface area contributed by atoms with Crippen molar-refractivity contribution >= 4 is 11.0 Å². The van der Waals surface area contributed by atoms with Crippen LogP contribution in [0.3, 0.4) is 0 Å². The molecule has 0 N–H and O–H groups in total. The van der Waals surface area contributed by atoms with Gasteiger partial charge in [-0.3, -0.25) is 0 Å². The van der Waals surface area contributed by atoms with E-state index in [-0.39, 0.29) is 0 Å². The highest BCUT2D eigenvalue weighted by atomic mass is 16.5. The highest BCUT2D eigenvalue weighted by Crippen LogP contribution is 2.63.